The molecule has 1 heterocycles. The van der Waals surface area contributed by atoms with Gasteiger partial charge in [0.2, 0.25) is 0 Å². The minimum absolute atomic E-state index is 0.00193. The average molecular weight is 363 g/mol. The van der Waals surface area contributed by atoms with Crippen LogP contribution >= 0.6 is 22.9 Å². The van der Waals surface area contributed by atoms with Gasteiger partial charge >= 0.3 is 4.87 Å². The van der Waals surface area contributed by atoms with E-state index >= 15 is 0 Å². The molecule has 5 nitrogen and oxygen atoms in total. The lowest BCUT2D eigenvalue weighted by Gasteiger charge is -2.08. The van der Waals surface area contributed by atoms with Crippen molar-refractivity contribution in [1.82, 2.24) is 4.57 Å². The van der Waals surface area contributed by atoms with Crippen LogP contribution in [-0.4, -0.2) is 17.6 Å². The van der Waals surface area contributed by atoms with Crippen LogP contribution < -0.4 is 14.9 Å². The number of nitrogens with one attached hydrogen (secondary N) is 1. The first-order valence-corrected chi connectivity index (χ1v) is 8.51. The van der Waals surface area contributed by atoms with Crippen LogP contribution in [-0.2, 0) is 6.54 Å². The van der Waals surface area contributed by atoms with Crippen molar-refractivity contribution in [2.75, 3.05) is 12.4 Å². The molecule has 1 aromatic heterocycles. The van der Waals surface area contributed by atoms with E-state index < -0.39 is 0 Å². The molecule has 0 saturated carbocycles. The lowest BCUT2D eigenvalue weighted by Crippen LogP contribution is -2.12. The number of halogens is 1. The molecule has 0 saturated heterocycles. The Bertz CT molecular complexity index is 978. The molecule has 1 N–H and O–H groups in total. The third-order valence-electron chi connectivity index (χ3n) is 3.66. The van der Waals surface area contributed by atoms with Gasteiger partial charge in [-0.3, -0.25) is 14.2 Å². The molecule has 2 aromatic carbocycles. The molecule has 7 heteroatoms. The maximum Gasteiger partial charge on any atom is 0.308 e. The number of fused-ring (bicyclic) bond motifs is 1. The van der Waals surface area contributed by atoms with E-state index in [1.165, 1.54) is 18.4 Å². The fraction of sp³-hybridized carbons (Fsp3) is 0.176. The number of rotatable bonds is 4. The molecule has 0 spiro atoms. The SMILES string of the molecule is CCn1c(=O)sc2cc(NC(=O)c3ccc(OC)c(Cl)c3)ccc21. The van der Waals surface area contributed by atoms with Crippen LogP contribution in [0.2, 0.25) is 5.02 Å². The number of carbonyl (C=O) groups is 1. The lowest BCUT2D eigenvalue weighted by atomic mass is 10.2. The largest absolute Gasteiger partial charge is 0.495 e. The van der Waals surface area contributed by atoms with E-state index in [1.54, 1.807) is 34.9 Å². The van der Waals surface area contributed by atoms with Gasteiger partial charge in [0.25, 0.3) is 5.91 Å². The molecule has 0 radical (unpaired) electrons. The van der Waals surface area contributed by atoms with E-state index in [4.69, 9.17) is 16.3 Å². The number of hydrogen-bond acceptors (Lipinski definition) is 4. The van der Waals surface area contributed by atoms with Crippen molar-refractivity contribution in [3.05, 3.63) is 56.7 Å². The van der Waals surface area contributed by atoms with Crippen molar-refractivity contribution < 1.29 is 9.53 Å². The summed E-state index contributed by atoms with van der Waals surface area (Å²) in [5.41, 5.74) is 1.93. The molecule has 0 unspecified atom stereocenters. The Labute approximate surface area is 147 Å². The normalized spacial score (nSPS) is 10.8. The number of hydrogen-bond donors (Lipinski definition) is 1. The van der Waals surface area contributed by atoms with Crippen LogP contribution in [0.3, 0.4) is 0 Å². The summed E-state index contributed by atoms with van der Waals surface area (Å²) in [4.78, 5) is 24.2. The highest BCUT2D eigenvalue weighted by Gasteiger charge is 2.11. The van der Waals surface area contributed by atoms with Crippen molar-refractivity contribution in [3.63, 3.8) is 0 Å². The maximum atomic E-state index is 12.4. The van der Waals surface area contributed by atoms with Gasteiger partial charge in [0.05, 0.1) is 22.3 Å². The van der Waals surface area contributed by atoms with E-state index in [1.807, 2.05) is 13.0 Å². The molecule has 0 aliphatic rings. The zero-order valence-corrected chi connectivity index (χ0v) is 14.7. The summed E-state index contributed by atoms with van der Waals surface area (Å²) in [6, 6.07) is 10.3. The number of nitrogens with zero attached hydrogens (tertiary/aromatic N) is 1. The van der Waals surface area contributed by atoms with Gasteiger partial charge in [0.15, 0.2) is 0 Å². The third-order valence-corrected chi connectivity index (χ3v) is 4.89. The summed E-state index contributed by atoms with van der Waals surface area (Å²) < 4.78 is 7.62. The van der Waals surface area contributed by atoms with Gasteiger partial charge in [-0.05, 0) is 43.3 Å². The number of amides is 1. The molecule has 3 aromatic rings. The maximum absolute atomic E-state index is 12.4. The molecule has 24 heavy (non-hydrogen) atoms. The number of benzene rings is 2. The Morgan fingerprint density at radius 3 is 2.75 bits per heavy atom. The Morgan fingerprint density at radius 1 is 1.29 bits per heavy atom. The van der Waals surface area contributed by atoms with Gasteiger partial charge in [-0.15, -0.1) is 0 Å². The Morgan fingerprint density at radius 2 is 2.08 bits per heavy atom. The summed E-state index contributed by atoms with van der Waals surface area (Å²) in [6.07, 6.45) is 0. The van der Waals surface area contributed by atoms with Gasteiger partial charge in [-0.2, -0.15) is 0 Å². The van der Waals surface area contributed by atoms with Crippen LogP contribution in [0.5, 0.6) is 5.75 Å². The second-order valence-corrected chi connectivity index (χ2v) is 6.50. The number of methoxy groups -OCH3 is 1. The fourth-order valence-electron chi connectivity index (χ4n) is 2.45. The smallest absolute Gasteiger partial charge is 0.308 e. The highest BCUT2D eigenvalue weighted by Crippen LogP contribution is 2.26. The van der Waals surface area contributed by atoms with Crippen molar-refractivity contribution in [2.45, 2.75) is 13.5 Å². The fourth-order valence-corrected chi connectivity index (χ4v) is 3.71. The highest BCUT2D eigenvalue weighted by molar-refractivity contribution is 7.16. The topological polar surface area (TPSA) is 60.3 Å². The van der Waals surface area contributed by atoms with Gasteiger partial charge < -0.3 is 10.1 Å². The second-order valence-electron chi connectivity index (χ2n) is 5.10. The predicted octanol–water partition coefficient (Wildman–Crippen LogP) is 4.00. The summed E-state index contributed by atoms with van der Waals surface area (Å²) in [5.74, 6) is 0.237. The molecule has 3 rings (SSSR count). The predicted molar refractivity (Wildman–Crippen MR) is 97.7 cm³/mol. The first kappa shape index (κ1) is 16.5. The molecule has 124 valence electrons. The monoisotopic (exact) mass is 362 g/mol. The van der Waals surface area contributed by atoms with Crippen LogP contribution in [0.1, 0.15) is 17.3 Å². The van der Waals surface area contributed by atoms with E-state index in [0.29, 0.717) is 28.6 Å². The zero-order chi connectivity index (χ0) is 17.3. The number of aromatic nitrogens is 1. The van der Waals surface area contributed by atoms with Crippen LogP contribution in [0.4, 0.5) is 5.69 Å². The molecule has 0 aliphatic carbocycles. The Hall–Kier alpha value is -2.31. The number of aryl methyl sites for hydroxylation is 1. The van der Waals surface area contributed by atoms with E-state index in [2.05, 4.69) is 5.32 Å². The highest BCUT2D eigenvalue weighted by atomic mass is 35.5. The lowest BCUT2D eigenvalue weighted by molar-refractivity contribution is 0.102. The van der Waals surface area contributed by atoms with Crippen LogP contribution in [0.25, 0.3) is 10.2 Å². The first-order chi connectivity index (χ1) is 11.5. The third kappa shape index (κ3) is 3.02. The van der Waals surface area contributed by atoms with Crippen LogP contribution in [0, 0.1) is 0 Å². The Kier molecular flexibility index (Phi) is 4.59. The van der Waals surface area contributed by atoms with Gasteiger partial charge in [-0.25, -0.2) is 0 Å². The quantitative estimate of drug-likeness (QED) is 0.763. The molecular formula is C17H15ClN2O3S. The summed E-state index contributed by atoms with van der Waals surface area (Å²) >= 11 is 7.22. The molecule has 0 fully saturated rings. The number of anilines is 1. The van der Waals surface area contributed by atoms with Crippen molar-refractivity contribution >= 4 is 44.7 Å². The molecule has 1 amide bonds. The molecule has 0 aliphatic heterocycles. The van der Waals surface area contributed by atoms with Crippen LogP contribution in [0.15, 0.2) is 41.2 Å². The molecule has 0 atom stereocenters. The van der Waals surface area contributed by atoms with Gasteiger partial charge in [-0.1, -0.05) is 22.9 Å². The minimum Gasteiger partial charge on any atom is -0.495 e. The van der Waals surface area contributed by atoms with E-state index in [-0.39, 0.29) is 10.8 Å². The van der Waals surface area contributed by atoms with Crippen molar-refractivity contribution in [3.8, 4) is 5.75 Å². The second kappa shape index (κ2) is 6.67. The van der Waals surface area contributed by atoms with Gasteiger partial charge in [0.1, 0.15) is 5.75 Å². The zero-order valence-electron chi connectivity index (χ0n) is 13.1. The molecule has 0 bridgehead atoms. The Balaban J connectivity index is 1.88. The van der Waals surface area contributed by atoms with Crippen molar-refractivity contribution in [2.24, 2.45) is 0 Å². The first-order valence-electron chi connectivity index (χ1n) is 7.31. The number of ether oxygens (including phenoxy) is 1. The van der Waals surface area contributed by atoms with Gasteiger partial charge in [0, 0.05) is 17.8 Å². The molecular weight excluding hydrogens is 348 g/mol. The number of carbonyl (C=O) groups excluding carboxylic acids is 1. The summed E-state index contributed by atoms with van der Waals surface area (Å²) in [6.45, 7) is 2.55. The minimum atomic E-state index is -0.277. The van der Waals surface area contributed by atoms with E-state index in [9.17, 15) is 9.59 Å². The number of thiazole rings is 1. The van der Waals surface area contributed by atoms with E-state index in [0.717, 1.165) is 10.2 Å². The average Bonchev–Trinajstić information content (AvgIpc) is 2.88. The van der Waals surface area contributed by atoms with Crippen molar-refractivity contribution in [1.29, 1.82) is 0 Å². The summed E-state index contributed by atoms with van der Waals surface area (Å²) in [7, 11) is 1.52. The summed E-state index contributed by atoms with van der Waals surface area (Å²) in [5, 5.41) is 3.19. The standard InChI is InChI=1S/C17H15ClN2O3S/c1-3-20-13-6-5-11(9-15(13)24-17(20)22)19-16(21)10-4-7-14(23-2)12(18)8-10/h4-9H,3H2,1-2H3,(H,19,21).